The van der Waals surface area contributed by atoms with E-state index in [1.54, 1.807) is 11.8 Å². The smallest absolute Gasteiger partial charge is 0.257 e. The number of amides is 2. The summed E-state index contributed by atoms with van der Waals surface area (Å²) in [4.78, 5) is 26.7. The summed E-state index contributed by atoms with van der Waals surface area (Å²) in [5.41, 5.74) is 4.05. The van der Waals surface area contributed by atoms with Gasteiger partial charge in [-0.2, -0.15) is 5.10 Å². The minimum Gasteiger partial charge on any atom is -0.497 e. The van der Waals surface area contributed by atoms with Gasteiger partial charge in [-0.05, 0) is 44.0 Å². The minimum absolute atomic E-state index is 0.0329. The molecule has 1 fully saturated rings. The molecule has 7 nitrogen and oxygen atoms in total. The van der Waals surface area contributed by atoms with Gasteiger partial charge in [-0.1, -0.05) is 29.8 Å². The quantitative estimate of drug-likeness (QED) is 0.668. The number of aryl methyl sites for hydroxylation is 1. The Balaban J connectivity index is 1.67. The van der Waals surface area contributed by atoms with E-state index in [1.165, 1.54) is 6.92 Å². The highest BCUT2D eigenvalue weighted by Crippen LogP contribution is 2.28. The number of rotatable bonds is 5. The topological polar surface area (TPSA) is 76.5 Å². The Bertz CT molecular complexity index is 1110. The molecule has 1 aliphatic rings. The van der Waals surface area contributed by atoms with Crippen LogP contribution in [0.1, 0.15) is 35.7 Å². The fourth-order valence-corrected chi connectivity index (χ4v) is 4.03. The normalized spacial score (nSPS) is 14.3. The van der Waals surface area contributed by atoms with Gasteiger partial charge in [-0.15, -0.1) is 0 Å². The minimum atomic E-state index is -0.0533. The molecule has 2 heterocycles. The summed E-state index contributed by atoms with van der Waals surface area (Å²) in [5, 5.41) is 7.74. The van der Waals surface area contributed by atoms with Crippen molar-refractivity contribution in [3.05, 3.63) is 65.9 Å². The molecule has 4 rings (SSSR count). The van der Waals surface area contributed by atoms with E-state index < -0.39 is 0 Å². The lowest BCUT2D eigenvalue weighted by Gasteiger charge is -2.32. The Morgan fingerprint density at radius 2 is 1.81 bits per heavy atom. The molecular weight excluding hydrogens is 404 g/mol. The first-order chi connectivity index (χ1) is 15.4. The maximum Gasteiger partial charge on any atom is 0.257 e. The van der Waals surface area contributed by atoms with Crippen LogP contribution in [0.3, 0.4) is 0 Å². The van der Waals surface area contributed by atoms with Crippen LogP contribution in [-0.2, 0) is 4.79 Å². The van der Waals surface area contributed by atoms with E-state index in [1.807, 2.05) is 66.6 Å². The lowest BCUT2D eigenvalue weighted by atomic mass is 10.0. The number of carbonyl (C=O) groups is 2. The van der Waals surface area contributed by atoms with Gasteiger partial charge in [0.05, 0.1) is 18.4 Å². The van der Waals surface area contributed by atoms with Gasteiger partial charge in [-0.25, -0.2) is 4.68 Å². The Hall–Kier alpha value is -3.61. The van der Waals surface area contributed by atoms with Crippen molar-refractivity contribution in [3.63, 3.8) is 0 Å². The Morgan fingerprint density at radius 3 is 2.47 bits per heavy atom. The number of hydrogen-bond donors (Lipinski definition) is 1. The molecule has 3 aromatic rings. The van der Waals surface area contributed by atoms with Crippen molar-refractivity contribution in [2.75, 3.05) is 20.2 Å². The predicted octanol–water partition coefficient (Wildman–Crippen LogP) is 3.60. The zero-order valence-electron chi connectivity index (χ0n) is 18.7. The number of nitrogens with one attached hydrogen (secondary N) is 1. The van der Waals surface area contributed by atoms with Crippen molar-refractivity contribution in [3.8, 4) is 22.7 Å². The second-order valence-electron chi connectivity index (χ2n) is 8.17. The molecule has 1 aliphatic heterocycles. The summed E-state index contributed by atoms with van der Waals surface area (Å²) < 4.78 is 7.13. The molecule has 2 aromatic carbocycles. The van der Waals surface area contributed by atoms with Crippen LogP contribution in [0.4, 0.5) is 0 Å². The van der Waals surface area contributed by atoms with E-state index in [2.05, 4.69) is 5.32 Å². The number of nitrogens with zero attached hydrogens (tertiary/aromatic N) is 3. The second-order valence-corrected chi connectivity index (χ2v) is 8.17. The average molecular weight is 433 g/mol. The van der Waals surface area contributed by atoms with Gasteiger partial charge in [-0.3, -0.25) is 9.59 Å². The van der Waals surface area contributed by atoms with Crippen LogP contribution in [0.25, 0.3) is 16.9 Å². The largest absolute Gasteiger partial charge is 0.497 e. The lowest BCUT2D eigenvalue weighted by Crippen LogP contribution is -2.46. The van der Waals surface area contributed by atoms with Crippen LogP contribution in [0.15, 0.2) is 54.7 Å². The molecule has 0 bridgehead atoms. The summed E-state index contributed by atoms with van der Waals surface area (Å²) in [6.07, 6.45) is 3.29. The summed E-state index contributed by atoms with van der Waals surface area (Å²) in [6, 6.07) is 15.7. The van der Waals surface area contributed by atoms with Gasteiger partial charge in [0.15, 0.2) is 0 Å². The zero-order valence-corrected chi connectivity index (χ0v) is 18.7. The van der Waals surface area contributed by atoms with E-state index in [9.17, 15) is 9.59 Å². The van der Waals surface area contributed by atoms with E-state index >= 15 is 0 Å². The zero-order chi connectivity index (χ0) is 22.7. The van der Waals surface area contributed by atoms with Gasteiger partial charge < -0.3 is 15.0 Å². The van der Waals surface area contributed by atoms with Crippen molar-refractivity contribution < 1.29 is 14.3 Å². The lowest BCUT2D eigenvalue weighted by molar-refractivity contribution is -0.119. The average Bonchev–Trinajstić information content (AvgIpc) is 3.25. The number of carbonyl (C=O) groups excluding carboxylic acids is 2. The van der Waals surface area contributed by atoms with Gasteiger partial charge in [0, 0.05) is 37.8 Å². The SMILES string of the molecule is COc1cccc(-c2nn(-c3ccc(C)cc3)cc2C(=O)N2CCC(NC(C)=O)CC2)c1. The van der Waals surface area contributed by atoms with Gasteiger partial charge in [0.2, 0.25) is 5.91 Å². The number of piperidine rings is 1. The van der Waals surface area contributed by atoms with Crippen molar-refractivity contribution >= 4 is 11.8 Å². The van der Waals surface area contributed by atoms with Gasteiger partial charge >= 0.3 is 0 Å². The molecule has 1 N–H and O–H groups in total. The van der Waals surface area contributed by atoms with Gasteiger partial charge in [0.25, 0.3) is 5.91 Å². The van der Waals surface area contributed by atoms with Crippen LogP contribution in [0.2, 0.25) is 0 Å². The summed E-state index contributed by atoms with van der Waals surface area (Å²) in [7, 11) is 1.62. The number of ether oxygens (including phenoxy) is 1. The third kappa shape index (κ3) is 4.66. The Labute approximate surface area is 188 Å². The van der Waals surface area contributed by atoms with E-state index in [0.29, 0.717) is 30.1 Å². The summed E-state index contributed by atoms with van der Waals surface area (Å²) in [5.74, 6) is 0.624. The molecule has 1 aromatic heterocycles. The fraction of sp³-hybridized carbons (Fsp3) is 0.320. The first kappa shape index (κ1) is 21.6. The molecule has 0 radical (unpaired) electrons. The standard InChI is InChI=1S/C25H28N4O3/c1-17-7-9-21(10-8-17)29-16-23(24(27-29)19-5-4-6-22(15-19)32-3)25(31)28-13-11-20(12-14-28)26-18(2)30/h4-10,15-16,20H,11-14H2,1-3H3,(H,26,30). The van der Waals surface area contributed by atoms with Crippen molar-refractivity contribution in [2.24, 2.45) is 0 Å². The molecule has 0 atom stereocenters. The van der Waals surface area contributed by atoms with Crippen molar-refractivity contribution in [2.45, 2.75) is 32.7 Å². The Kier molecular flexibility index (Phi) is 6.25. The fourth-order valence-electron chi connectivity index (χ4n) is 4.03. The van der Waals surface area contributed by atoms with Crippen molar-refractivity contribution in [1.82, 2.24) is 20.0 Å². The van der Waals surface area contributed by atoms with Gasteiger partial charge in [0.1, 0.15) is 11.4 Å². The molecule has 166 valence electrons. The molecule has 7 heteroatoms. The third-order valence-electron chi connectivity index (χ3n) is 5.78. The molecule has 2 amide bonds. The maximum atomic E-state index is 13.5. The summed E-state index contributed by atoms with van der Waals surface area (Å²) in [6.45, 7) is 4.75. The van der Waals surface area contributed by atoms with Crippen LogP contribution < -0.4 is 10.1 Å². The third-order valence-corrected chi connectivity index (χ3v) is 5.78. The van der Waals surface area contributed by atoms with Crippen LogP contribution in [-0.4, -0.2) is 52.7 Å². The summed E-state index contributed by atoms with van der Waals surface area (Å²) >= 11 is 0. The second kappa shape index (κ2) is 9.26. The monoisotopic (exact) mass is 432 g/mol. The molecule has 0 unspecified atom stereocenters. The highest BCUT2D eigenvalue weighted by molar-refractivity contribution is 6.00. The number of likely N-dealkylation sites (tertiary alicyclic amines) is 1. The van der Waals surface area contributed by atoms with E-state index in [4.69, 9.17) is 9.84 Å². The number of methoxy groups -OCH3 is 1. The first-order valence-corrected chi connectivity index (χ1v) is 10.8. The molecule has 0 saturated carbocycles. The van der Waals surface area contributed by atoms with Crippen LogP contribution in [0.5, 0.6) is 5.75 Å². The molecular formula is C25H28N4O3. The van der Waals surface area contributed by atoms with E-state index in [0.717, 1.165) is 29.7 Å². The molecule has 0 spiro atoms. The van der Waals surface area contributed by atoms with Crippen LogP contribution in [0, 0.1) is 6.92 Å². The predicted molar refractivity (Wildman–Crippen MR) is 123 cm³/mol. The number of aromatic nitrogens is 2. The van der Waals surface area contributed by atoms with Crippen molar-refractivity contribution in [1.29, 1.82) is 0 Å². The maximum absolute atomic E-state index is 13.5. The van der Waals surface area contributed by atoms with Crippen LogP contribution >= 0.6 is 0 Å². The molecule has 0 aliphatic carbocycles. The number of hydrogen-bond acceptors (Lipinski definition) is 4. The highest BCUT2D eigenvalue weighted by Gasteiger charge is 2.28. The Morgan fingerprint density at radius 1 is 1.09 bits per heavy atom. The highest BCUT2D eigenvalue weighted by atomic mass is 16.5. The van der Waals surface area contributed by atoms with E-state index in [-0.39, 0.29) is 17.9 Å². The molecule has 1 saturated heterocycles. The number of benzene rings is 2. The molecule has 32 heavy (non-hydrogen) atoms. The first-order valence-electron chi connectivity index (χ1n) is 10.8.